The zero-order chi connectivity index (χ0) is 20.5. The van der Waals surface area contributed by atoms with Crippen LogP contribution in [0.3, 0.4) is 0 Å². The monoisotopic (exact) mass is 381 g/mol. The van der Waals surface area contributed by atoms with Crippen molar-refractivity contribution in [1.82, 2.24) is 20.2 Å². The highest BCUT2D eigenvalue weighted by Gasteiger charge is 2.27. The van der Waals surface area contributed by atoms with Crippen molar-refractivity contribution >= 4 is 24.1 Å². The van der Waals surface area contributed by atoms with Crippen LogP contribution in [0.4, 0.5) is 10.7 Å². The van der Waals surface area contributed by atoms with Crippen molar-refractivity contribution < 1.29 is 4.79 Å². The molecule has 1 unspecified atom stereocenters. The molecule has 1 aromatic carbocycles. The first-order chi connectivity index (χ1) is 13.5. The third-order valence-electron chi connectivity index (χ3n) is 4.33. The first kappa shape index (κ1) is 21.4. The van der Waals surface area contributed by atoms with E-state index in [1.807, 2.05) is 56.3 Å². The van der Waals surface area contributed by atoms with Crippen molar-refractivity contribution in [3.05, 3.63) is 52.8 Å². The standard InChI is InChI=1S/C19H23N5O.C3H8/c1-3-13(2)21-19(25)24-11-15-16(22-18(20)23-17(15)12-24)10-9-14-7-5-4-6-8-14;1-3-2/h4-10,13H,3,11-12H2,1-2H3,(H,21,25)(H2,20,22,23);3H2,1-2H3/b10-9+;. The van der Waals surface area contributed by atoms with Crippen molar-refractivity contribution in [3.8, 4) is 0 Å². The summed E-state index contributed by atoms with van der Waals surface area (Å²) in [6, 6.07) is 10.1. The number of carbonyl (C=O) groups is 1. The summed E-state index contributed by atoms with van der Waals surface area (Å²) < 4.78 is 0. The van der Waals surface area contributed by atoms with E-state index >= 15 is 0 Å². The lowest BCUT2D eigenvalue weighted by Gasteiger charge is -2.19. The number of urea groups is 1. The number of hydrogen-bond acceptors (Lipinski definition) is 4. The summed E-state index contributed by atoms with van der Waals surface area (Å²) in [7, 11) is 0. The molecule has 0 spiro atoms. The van der Waals surface area contributed by atoms with Crippen LogP contribution in [0.2, 0.25) is 0 Å². The number of nitrogens with two attached hydrogens (primary N) is 1. The van der Waals surface area contributed by atoms with Crippen LogP contribution < -0.4 is 11.1 Å². The molecule has 1 aromatic heterocycles. The van der Waals surface area contributed by atoms with Gasteiger partial charge in [-0.2, -0.15) is 0 Å². The number of nitrogens with one attached hydrogen (secondary N) is 1. The van der Waals surface area contributed by atoms with E-state index in [2.05, 4.69) is 29.1 Å². The lowest BCUT2D eigenvalue weighted by Crippen LogP contribution is -2.41. The van der Waals surface area contributed by atoms with Crippen molar-refractivity contribution in [2.75, 3.05) is 5.73 Å². The second kappa shape index (κ2) is 10.4. The third kappa shape index (κ3) is 5.81. The molecule has 0 saturated carbocycles. The van der Waals surface area contributed by atoms with Crippen LogP contribution in [0.25, 0.3) is 12.2 Å². The number of aromatic nitrogens is 2. The summed E-state index contributed by atoms with van der Waals surface area (Å²) >= 11 is 0. The fourth-order valence-electron chi connectivity index (χ4n) is 2.72. The van der Waals surface area contributed by atoms with Gasteiger partial charge in [-0.25, -0.2) is 14.8 Å². The largest absolute Gasteiger partial charge is 0.368 e. The van der Waals surface area contributed by atoms with Crippen molar-refractivity contribution in [2.24, 2.45) is 0 Å². The van der Waals surface area contributed by atoms with Crippen molar-refractivity contribution in [3.63, 3.8) is 0 Å². The fourth-order valence-corrected chi connectivity index (χ4v) is 2.72. The summed E-state index contributed by atoms with van der Waals surface area (Å²) in [5, 5.41) is 2.99. The van der Waals surface area contributed by atoms with Gasteiger partial charge in [-0.3, -0.25) is 0 Å². The summed E-state index contributed by atoms with van der Waals surface area (Å²) in [6.07, 6.45) is 6.07. The highest BCUT2D eigenvalue weighted by molar-refractivity contribution is 5.76. The van der Waals surface area contributed by atoms with E-state index in [4.69, 9.17) is 5.73 Å². The van der Waals surface area contributed by atoms with Gasteiger partial charge in [-0.1, -0.05) is 63.6 Å². The summed E-state index contributed by atoms with van der Waals surface area (Å²) in [5.74, 6) is 0.232. The number of hydrogen-bond donors (Lipinski definition) is 2. The van der Waals surface area contributed by atoms with E-state index < -0.39 is 0 Å². The highest BCUT2D eigenvalue weighted by Crippen LogP contribution is 2.25. The van der Waals surface area contributed by atoms with Gasteiger partial charge < -0.3 is 16.0 Å². The van der Waals surface area contributed by atoms with Gasteiger partial charge in [0.2, 0.25) is 5.95 Å². The number of nitrogens with zero attached hydrogens (tertiary/aromatic N) is 3. The van der Waals surface area contributed by atoms with Gasteiger partial charge in [0, 0.05) is 11.6 Å². The SMILES string of the molecule is CCC.CCC(C)NC(=O)N1Cc2nc(N)nc(/C=C/c3ccccc3)c2C1. The Morgan fingerprint density at radius 3 is 2.50 bits per heavy atom. The average Bonchev–Trinajstić information content (AvgIpc) is 3.11. The molecule has 2 amide bonds. The first-order valence-electron chi connectivity index (χ1n) is 9.92. The van der Waals surface area contributed by atoms with E-state index in [0.717, 1.165) is 28.9 Å². The second-order valence-electron chi connectivity index (χ2n) is 6.96. The van der Waals surface area contributed by atoms with Gasteiger partial charge in [-0.05, 0) is 25.0 Å². The molecule has 6 nitrogen and oxygen atoms in total. The van der Waals surface area contributed by atoms with Crippen molar-refractivity contribution in [2.45, 2.75) is 59.7 Å². The molecule has 0 aliphatic carbocycles. The molecule has 0 bridgehead atoms. The Morgan fingerprint density at radius 1 is 1.18 bits per heavy atom. The molecule has 150 valence electrons. The quantitative estimate of drug-likeness (QED) is 0.818. The fraction of sp³-hybridized carbons (Fsp3) is 0.409. The zero-order valence-corrected chi connectivity index (χ0v) is 17.3. The van der Waals surface area contributed by atoms with E-state index in [1.165, 1.54) is 6.42 Å². The van der Waals surface area contributed by atoms with Gasteiger partial charge >= 0.3 is 6.03 Å². The van der Waals surface area contributed by atoms with Crippen LogP contribution in [0, 0.1) is 0 Å². The summed E-state index contributed by atoms with van der Waals surface area (Å²) in [5.41, 5.74) is 9.48. The van der Waals surface area contributed by atoms with Crippen LogP contribution in [0.15, 0.2) is 30.3 Å². The maximum atomic E-state index is 12.4. The number of anilines is 1. The topological polar surface area (TPSA) is 84.1 Å². The van der Waals surface area contributed by atoms with Crippen LogP contribution in [-0.4, -0.2) is 26.9 Å². The maximum Gasteiger partial charge on any atom is 0.318 e. The number of benzene rings is 1. The predicted molar refractivity (Wildman–Crippen MR) is 115 cm³/mol. The molecule has 1 aliphatic heterocycles. The van der Waals surface area contributed by atoms with Crippen LogP contribution in [0.5, 0.6) is 0 Å². The molecule has 1 atom stereocenters. The van der Waals surface area contributed by atoms with Gasteiger partial charge in [0.1, 0.15) is 0 Å². The summed E-state index contributed by atoms with van der Waals surface area (Å²) in [6.45, 7) is 9.23. The minimum absolute atomic E-state index is 0.0797. The molecule has 3 rings (SSSR count). The molecule has 1 aliphatic rings. The van der Waals surface area contributed by atoms with E-state index in [1.54, 1.807) is 4.90 Å². The minimum atomic E-state index is -0.0797. The predicted octanol–water partition coefficient (Wildman–Crippen LogP) is 4.47. The molecule has 2 aromatic rings. The molecule has 3 N–H and O–H groups in total. The van der Waals surface area contributed by atoms with Gasteiger partial charge in [0.15, 0.2) is 0 Å². The van der Waals surface area contributed by atoms with Gasteiger partial charge in [0.25, 0.3) is 0 Å². The second-order valence-corrected chi connectivity index (χ2v) is 6.96. The van der Waals surface area contributed by atoms with E-state index in [0.29, 0.717) is 13.1 Å². The van der Waals surface area contributed by atoms with Crippen LogP contribution in [0.1, 0.15) is 63.1 Å². The molecule has 0 fully saturated rings. The molecule has 28 heavy (non-hydrogen) atoms. The van der Waals surface area contributed by atoms with Crippen LogP contribution in [-0.2, 0) is 13.1 Å². The third-order valence-corrected chi connectivity index (χ3v) is 4.33. The van der Waals surface area contributed by atoms with Gasteiger partial charge in [0.05, 0.1) is 24.5 Å². The molecule has 2 heterocycles. The molecule has 0 radical (unpaired) electrons. The first-order valence-corrected chi connectivity index (χ1v) is 9.92. The Morgan fingerprint density at radius 2 is 1.86 bits per heavy atom. The molecular weight excluding hydrogens is 350 g/mol. The number of fused-ring (bicyclic) bond motifs is 1. The normalized spacial score (nSPS) is 13.6. The maximum absolute atomic E-state index is 12.4. The Kier molecular flexibility index (Phi) is 7.99. The van der Waals surface area contributed by atoms with Crippen LogP contribution >= 0.6 is 0 Å². The Bertz CT molecular complexity index is 804. The van der Waals surface area contributed by atoms with Crippen molar-refractivity contribution in [1.29, 1.82) is 0 Å². The Balaban J connectivity index is 0.000000878. The Hall–Kier alpha value is -2.89. The molecule has 0 saturated heterocycles. The highest BCUT2D eigenvalue weighted by atomic mass is 16.2. The van der Waals surface area contributed by atoms with Gasteiger partial charge in [-0.15, -0.1) is 0 Å². The number of nitrogen functional groups attached to an aromatic ring is 1. The summed E-state index contributed by atoms with van der Waals surface area (Å²) in [4.78, 5) is 22.8. The zero-order valence-electron chi connectivity index (χ0n) is 17.3. The smallest absolute Gasteiger partial charge is 0.318 e. The lowest BCUT2D eigenvalue weighted by molar-refractivity contribution is 0.194. The molecule has 6 heteroatoms. The number of rotatable bonds is 4. The van der Waals surface area contributed by atoms with E-state index in [-0.39, 0.29) is 18.0 Å². The number of carbonyl (C=O) groups excluding carboxylic acids is 1. The lowest BCUT2D eigenvalue weighted by atomic mass is 10.1. The minimum Gasteiger partial charge on any atom is -0.368 e. The average molecular weight is 382 g/mol. The number of amides is 2. The molecular formula is C22H31N5O. The Labute approximate surface area is 167 Å². The van der Waals surface area contributed by atoms with E-state index in [9.17, 15) is 4.79 Å².